The predicted molar refractivity (Wildman–Crippen MR) is 76.6 cm³/mol. The van der Waals surface area contributed by atoms with Crippen LogP contribution in [0, 0.1) is 5.82 Å². The molecule has 0 bridgehead atoms. The largest absolute Gasteiger partial charge is 0.333 e. The highest BCUT2D eigenvalue weighted by atomic mass is 32.2. The van der Waals surface area contributed by atoms with Crippen LogP contribution in [0.5, 0.6) is 0 Å². The molecule has 19 heavy (non-hydrogen) atoms. The second-order valence-corrected chi connectivity index (χ2v) is 6.84. The van der Waals surface area contributed by atoms with Gasteiger partial charge in [0.2, 0.25) is 0 Å². The maximum absolute atomic E-state index is 13.0. The lowest BCUT2D eigenvalue weighted by Gasteiger charge is -2.29. The summed E-state index contributed by atoms with van der Waals surface area (Å²) in [4.78, 5) is 14.0. The Morgan fingerprint density at radius 2 is 2.00 bits per heavy atom. The molecule has 2 amide bonds. The van der Waals surface area contributed by atoms with Crippen molar-refractivity contribution in [2.45, 2.75) is 31.7 Å². The zero-order chi connectivity index (χ0) is 14.0. The molecular weight excluding hydrogens is 263 g/mol. The first-order chi connectivity index (χ1) is 8.87. The Labute approximate surface area is 117 Å². The van der Waals surface area contributed by atoms with Crippen LogP contribution in [-0.2, 0) is 0 Å². The van der Waals surface area contributed by atoms with Crippen LogP contribution >= 0.6 is 11.8 Å². The molecule has 2 rings (SSSR count). The fraction of sp³-hybridized carbons (Fsp3) is 0.500. The van der Waals surface area contributed by atoms with E-state index in [4.69, 9.17) is 0 Å². The number of thioether (sulfide) groups is 1. The van der Waals surface area contributed by atoms with Gasteiger partial charge in [-0.25, -0.2) is 9.18 Å². The third-order valence-corrected chi connectivity index (χ3v) is 4.05. The van der Waals surface area contributed by atoms with Gasteiger partial charge in [0.1, 0.15) is 11.2 Å². The molecule has 1 heterocycles. The molecule has 1 unspecified atom stereocenters. The fourth-order valence-electron chi connectivity index (χ4n) is 1.97. The van der Waals surface area contributed by atoms with Gasteiger partial charge in [-0.1, -0.05) is 12.1 Å². The molecule has 1 atom stereocenters. The summed E-state index contributed by atoms with van der Waals surface area (Å²) in [5.74, 6) is 0.650. The highest BCUT2D eigenvalue weighted by Gasteiger charge is 2.32. The summed E-state index contributed by atoms with van der Waals surface area (Å²) >= 11 is 1.71. The van der Waals surface area contributed by atoms with E-state index in [2.05, 4.69) is 5.32 Å². The molecule has 5 heteroatoms. The number of benzene rings is 1. The van der Waals surface area contributed by atoms with Crippen LogP contribution in [0.25, 0.3) is 0 Å². The van der Waals surface area contributed by atoms with Crippen molar-refractivity contribution in [3.05, 3.63) is 35.6 Å². The Balaban J connectivity index is 2.12. The molecule has 0 saturated carbocycles. The first kappa shape index (κ1) is 14.2. The molecule has 104 valence electrons. The Bertz CT molecular complexity index is 456. The van der Waals surface area contributed by atoms with Gasteiger partial charge < -0.3 is 10.2 Å². The second-order valence-electron chi connectivity index (χ2n) is 5.65. The maximum Gasteiger partial charge on any atom is 0.319 e. The molecule has 1 saturated heterocycles. The van der Waals surface area contributed by atoms with Crippen molar-refractivity contribution in [2.24, 2.45) is 0 Å². The molecule has 0 aromatic heterocycles. The molecule has 0 radical (unpaired) electrons. The second kappa shape index (κ2) is 5.41. The van der Waals surface area contributed by atoms with Crippen LogP contribution in [0.2, 0.25) is 0 Å². The minimum absolute atomic E-state index is 0.0250. The van der Waals surface area contributed by atoms with Crippen molar-refractivity contribution in [3.8, 4) is 0 Å². The summed E-state index contributed by atoms with van der Waals surface area (Å²) < 4.78 is 13.0. The summed E-state index contributed by atoms with van der Waals surface area (Å²) in [6.07, 6.45) is 0. The lowest BCUT2D eigenvalue weighted by molar-refractivity contribution is 0.191. The SMILES string of the molecule is CC(C)(C)NC(=O)N1CCSC1c1ccc(F)cc1. The number of hydrogen-bond acceptors (Lipinski definition) is 2. The van der Waals surface area contributed by atoms with Crippen LogP contribution in [0.1, 0.15) is 31.7 Å². The summed E-state index contributed by atoms with van der Waals surface area (Å²) in [6, 6.07) is 6.31. The average molecular weight is 282 g/mol. The minimum Gasteiger partial charge on any atom is -0.333 e. The third-order valence-electron chi connectivity index (χ3n) is 2.79. The lowest BCUT2D eigenvalue weighted by atomic mass is 10.1. The van der Waals surface area contributed by atoms with Gasteiger partial charge in [0.15, 0.2) is 0 Å². The molecule has 3 nitrogen and oxygen atoms in total. The molecular formula is C14H19FN2OS. The zero-order valence-electron chi connectivity index (χ0n) is 11.4. The summed E-state index contributed by atoms with van der Waals surface area (Å²) in [5.41, 5.74) is 0.713. The van der Waals surface area contributed by atoms with E-state index in [1.54, 1.807) is 23.9 Å². The van der Waals surface area contributed by atoms with Crippen molar-refractivity contribution < 1.29 is 9.18 Å². The summed E-state index contributed by atoms with van der Waals surface area (Å²) in [6.45, 7) is 6.59. The molecule has 1 aromatic rings. The molecule has 1 N–H and O–H groups in total. The van der Waals surface area contributed by atoms with Gasteiger partial charge in [0.25, 0.3) is 0 Å². The topological polar surface area (TPSA) is 32.3 Å². The predicted octanol–water partition coefficient (Wildman–Crippen LogP) is 3.38. The average Bonchev–Trinajstić information content (AvgIpc) is 2.76. The van der Waals surface area contributed by atoms with Crippen molar-refractivity contribution in [1.82, 2.24) is 10.2 Å². The highest BCUT2D eigenvalue weighted by Crippen LogP contribution is 2.37. The number of urea groups is 1. The van der Waals surface area contributed by atoms with Crippen LogP contribution in [-0.4, -0.2) is 28.8 Å². The van der Waals surface area contributed by atoms with E-state index in [-0.39, 0.29) is 22.8 Å². The van der Waals surface area contributed by atoms with Crippen molar-refractivity contribution in [1.29, 1.82) is 0 Å². The normalized spacial score (nSPS) is 19.6. The first-order valence-electron chi connectivity index (χ1n) is 6.33. The number of hydrogen-bond donors (Lipinski definition) is 1. The number of carbonyl (C=O) groups is 1. The summed E-state index contributed by atoms with van der Waals surface area (Å²) in [5, 5.41) is 2.95. The first-order valence-corrected chi connectivity index (χ1v) is 7.37. The van der Waals surface area contributed by atoms with Gasteiger partial charge in [-0.3, -0.25) is 0 Å². The van der Waals surface area contributed by atoms with Gasteiger partial charge >= 0.3 is 6.03 Å². The quantitative estimate of drug-likeness (QED) is 0.856. The number of halogens is 1. The van der Waals surface area contributed by atoms with Crippen molar-refractivity contribution in [2.75, 3.05) is 12.3 Å². The van der Waals surface area contributed by atoms with Crippen LogP contribution < -0.4 is 5.32 Å². The Kier molecular flexibility index (Phi) is 4.04. The van der Waals surface area contributed by atoms with Crippen LogP contribution in [0.15, 0.2) is 24.3 Å². The van der Waals surface area contributed by atoms with Gasteiger partial charge in [0, 0.05) is 17.8 Å². The Morgan fingerprint density at radius 1 is 1.37 bits per heavy atom. The smallest absolute Gasteiger partial charge is 0.319 e. The fourth-order valence-corrected chi connectivity index (χ4v) is 3.23. The minimum atomic E-state index is -0.252. The van der Waals surface area contributed by atoms with E-state index in [1.807, 2.05) is 25.7 Å². The van der Waals surface area contributed by atoms with E-state index in [9.17, 15) is 9.18 Å². The summed E-state index contributed by atoms with van der Waals surface area (Å²) in [7, 11) is 0. The molecule has 0 spiro atoms. The lowest BCUT2D eigenvalue weighted by Crippen LogP contribution is -2.48. The van der Waals surface area contributed by atoms with Crippen LogP contribution in [0.4, 0.5) is 9.18 Å². The number of nitrogens with zero attached hydrogens (tertiary/aromatic N) is 1. The van der Waals surface area contributed by atoms with Gasteiger partial charge in [-0.15, -0.1) is 11.8 Å². The number of carbonyl (C=O) groups excluding carboxylic acids is 1. The van der Waals surface area contributed by atoms with E-state index in [0.29, 0.717) is 6.54 Å². The van der Waals surface area contributed by atoms with Gasteiger partial charge in [-0.2, -0.15) is 0 Å². The van der Waals surface area contributed by atoms with Gasteiger partial charge in [0.05, 0.1) is 0 Å². The Hall–Kier alpha value is -1.23. The zero-order valence-corrected chi connectivity index (χ0v) is 12.3. The molecule has 1 aliphatic heterocycles. The van der Waals surface area contributed by atoms with Crippen molar-refractivity contribution in [3.63, 3.8) is 0 Å². The number of nitrogens with one attached hydrogen (secondary N) is 1. The number of rotatable bonds is 1. The monoisotopic (exact) mass is 282 g/mol. The van der Waals surface area contributed by atoms with Gasteiger partial charge in [-0.05, 0) is 38.5 Å². The van der Waals surface area contributed by atoms with E-state index in [1.165, 1.54) is 12.1 Å². The molecule has 1 aromatic carbocycles. The molecule has 1 fully saturated rings. The highest BCUT2D eigenvalue weighted by molar-refractivity contribution is 7.99. The van der Waals surface area contributed by atoms with Crippen molar-refractivity contribution >= 4 is 17.8 Å². The van der Waals surface area contributed by atoms with E-state index < -0.39 is 0 Å². The molecule has 0 aliphatic carbocycles. The standard InChI is InChI=1S/C14H19FN2OS/c1-14(2,3)16-13(18)17-8-9-19-12(17)10-4-6-11(15)7-5-10/h4-7,12H,8-9H2,1-3H3,(H,16,18). The van der Waals surface area contributed by atoms with E-state index in [0.717, 1.165) is 11.3 Å². The maximum atomic E-state index is 13.0. The number of amides is 2. The third kappa shape index (κ3) is 3.62. The Morgan fingerprint density at radius 3 is 2.58 bits per heavy atom. The molecule has 1 aliphatic rings. The van der Waals surface area contributed by atoms with E-state index >= 15 is 0 Å². The van der Waals surface area contributed by atoms with Crippen LogP contribution in [0.3, 0.4) is 0 Å².